The summed E-state index contributed by atoms with van der Waals surface area (Å²) in [5.74, 6) is 0.380. The van der Waals surface area contributed by atoms with E-state index in [1.807, 2.05) is 25.1 Å². The molecule has 3 nitrogen and oxygen atoms in total. The molecule has 0 aromatic heterocycles. The Kier molecular flexibility index (Phi) is 5.29. The lowest BCUT2D eigenvalue weighted by Crippen LogP contribution is -2.16. The van der Waals surface area contributed by atoms with Crippen LogP contribution in [-0.4, -0.2) is 22.9 Å². The van der Waals surface area contributed by atoms with E-state index in [4.69, 9.17) is 5.11 Å². The highest BCUT2D eigenvalue weighted by molar-refractivity contribution is 5.39. The molecule has 0 heterocycles. The van der Waals surface area contributed by atoms with Crippen LogP contribution in [0.4, 0.5) is 0 Å². The van der Waals surface area contributed by atoms with E-state index in [2.05, 4.69) is 5.32 Å². The number of phenols is 1. The fourth-order valence-electron chi connectivity index (χ4n) is 1.61. The van der Waals surface area contributed by atoms with E-state index in [0.717, 1.165) is 30.5 Å². The molecule has 0 bridgehead atoms. The number of aromatic hydroxyl groups is 1. The summed E-state index contributed by atoms with van der Waals surface area (Å²) in [6.45, 7) is 5.23. The molecule has 0 aliphatic rings. The molecule has 1 unspecified atom stereocenters. The van der Waals surface area contributed by atoms with Gasteiger partial charge in [-0.2, -0.15) is 0 Å². The van der Waals surface area contributed by atoms with Gasteiger partial charge < -0.3 is 15.5 Å². The lowest BCUT2D eigenvalue weighted by atomic mass is 10.1. The van der Waals surface area contributed by atoms with E-state index in [9.17, 15) is 5.11 Å². The van der Waals surface area contributed by atoms with Gasteiger partial charge in [0.25, 0.3) is 0 Å². The second-order valence-electron chi connectivity index (χ2n) is 4.25. The Morgan fingerprint density at radius 1 is 1.38 bits per heavy atom. The summed E-state index contributed by atoms with van der Waals surface area (Å²) in [7, 11) is 0. The predicted octanol–water partition coefficient (Wildman–Crippen LogP) is 1.95. The van der Waals surface area contributed by atoms with Gasteiger partial charge in [0, 0.05) is 12.1 Å². The van der Waals surface area contributed by atoms with E-state index in [-0.39, 0.29) is 6.10 Å². The number of nitrogens with one attached hydrogen (secondary N) is 1. The topological polar surface area (TPSA) is 52.5 Å². The zero-order chi connectivity index (χ0) is 12.0. The lowest BCUT2D eigenvalue weighted by molar-refractivity contribution is 0.181. The molecule has 0 aliphatic heterocycles. The molecule has 0 spiro atoms. The highest BCUT2D eigenvalue weighted by atomic mass is 16.3. The first-order valence-electron chi connectivity index (χ1n) is 5.77. The van der Waals surface area contributed by atoms with Crippen LogP contribution in [-0.2, 0) is 6.54 Å². The predicted molar refractivity (Wildman–Crippen MR) is 65.5 cm³/mol. The van der Waals surface area contributed by atoms with Crippen molar-refractivity contribution in [3.63, 3.8) is 0 Å². The molecule has 1 aromatic rings. The number of aryl methyl sites for hydroxylation is 1. The maximum absolute atomic E-state index is 9.76. The van der Waals surface area contributed by atoms with Gasteiger partial charge in [0.05, 0.1) is 6.10 Å². The van der Waals surface area contributed by atoms with Crippen LogP contribution < -0.4 is 5.32 Å². The largest absolute Gasteiger partial charge is 0.507 e. The van der Waals surface area contributed by atoms with Crippen molar-refractivity contribution in [2.45, 2.75) is 39.3 Å². The SMILES string of the molecule is Cc1cccc(CNCCCC(C)O)c1O. The molecule has 90 valence electrons. The van der Waals surface area contributed by atoms with Gasteiger partial charge in [-0.1, -0.05) is 18.2 Å². The van der Waals surface area contributed by atoms with Crippen LogP contribution >= 0.6 is 0 Å². The molecule has 3 N–H and O–H groups in total. The number of rotatable bonds is 6. The van der Waals surface area contributed by atoms with E-state index in [0.29, 0.717) is 12.3 Å². The van der Waals surface area contributed by atoms with Crippen molar-refractivity contribution in [2.75, 3.05) is 6.54 Å². The average Bonchev–Trinajstić information content (AvgIpc) is 2.23. The molecule has 0 amide bonds. The summed E-state index contributed by atoms with van der Waals surface area (Å²) < 4.78 is 0. The zero-order valence-corrected chi connectivity index (χ0v) is 10.0. The standard InChI is InChI=1S/C13H21NO2/c1-10-5-3-7-12(13(10)16)9-14-8-4-6-11(2)15/h3,5,7,11,14-16H,4,6,8-9H2,1-2H3. The van der Waals surface area contributed by atoms with E-state index >= 15 is 0 Å². The van der Waals surface area contributed by atoms with Crippen molar-refractivity contribution in [2.24, 2.45) is 0 Å². The molecule has 0 saturated heterocycles. The molecule has 3 heteroatoms. The van der Waals surface area contributed by atoms with E-state index < -0.39 is 0 Å². The Morgan fingerprint density at radius 3 is 2.81 bits per heavy atom. The number of phenolic OH excluding ortho intramolecular Hbond substituents is 1. The monoisotopic (exact) mass is 223 g/mol. The molecule has 1 atom stereocenters. The third kappa shape index (κ3) is 4.21. The van der Waals surface area contributed by atoms with Gasteiger partial charge in [-0.05, 0) is 38.8 Å². The van der Waals surface area contributed by atoms with Gasteiger partial charge in [0.1, 0.15) is 5.75 Å². The van der Waals surface area contributed by atoms with Gasteiger partial charge in [0.15, 0.2) is 0 Å². The first-order valence-corrected chi connectivity index (χ1v) is 5.77. The summed E-state index contributed by atoms with van der Waals surface area (Å²) in [5, 5.41) is 22.1. The summed E-state index contributed by atoms with van der Waals surface area (Å²) >= 11 is 0. The molecular formula is C13H21NO2. The van der Waals surface area contributed by atoms with Gasteiger partial charge in [0.2, 0.25) is 0 Å². The second-order valence-corrected chi connectivity index (χ2v) is 4.25. The number of hydrogen-bond donors (Lipinski definition) is 3. The fraction of sp³-hybridized carbons (Fsp3) is 0.538. The number of aliphatic hydroxyl groups excluding tert-OH is 1. The Morgan fingerprint density at radius 2 is 2.12 bits per heavy atom. The molecule has 1 rings (SSSR count). The van der Waals surface area contributed by atoms with Crippen molar-refractivity contribution < 1.29 is 10.2 Å². The third-order valence-electron chi connectivity index (χ3n) is 2.61. The average molecular weight is 223 g/mol. The smallest absolute Gasteiger partial charge is 0.122 e. The van der Waals surface area contributed by atoms with Crippen molar-refractivity contribution in [3.8, 4) is 5.75 Å². The molecule has 0 aliphatic carbocycles. The Labute approximate surface area is 97.1 Å². The Hall–Kier alpha value is -1.06. The van der Waals surface area contributed by atoms with Crippen LogP contribution in [0.3, 0.4) is 0 Å². The molecule has 1 aromatic carbocycles. The van der Waals surface area contributed by atoms with Crippen molar-refractivity contribution in [1.82, 2.24) is 5.32 Å². The van der Waals surface area contributed by atoms with Crippen LogP contribution in [0.15, 0.2) is 18.2 Å². The summed E-state index contributed by atoms with van der Waals surface area (Å²) in [6, 6.07) is 5.76. The van der Waals surface area contributed by atoms with Crippen LogP contribution in [0, 0.1) is 6.92 Å². The molecule has 0 fully saturated rings. The first-order chi connectivity index (χ1) is 7.61. The minimum atomic E-state index is -0.228. The number of benzene rings is 1. The van der Waals surface area contributed by atoms with Crippen LogP contribution in [0.25, 0.3) is 0 Å². The van der Waals surface area contributed by atoms with Crippen molar-refractivity contribution in [3.05, 3.63) is 29.3 Å². The summed E-state index contributed by atoms with van der Waals surface area (Å²) in [5.41, 5.74) is 1.83. The quantitative estimate of drug-likeness (QED) is 0.646. The summed E-state index contributed by atoms with van der Waals surface area (Å²) in [4.78, 5) is 0. The normalized spacial score (nSPS) is 12.7. The highest BCUT2D eigenvalue weighted by Gasteiger charge is 2.02. The first kappa shape index (κ1) is 13.0. The maximum atomic E-state index is 9.76. The Bertz CT molecular complexity index is 324. The lowest BCUT2D eigenvalue weighted by Gasteiger charge is -2.09. The van der Waals surface area contributed by atoms with Gasteiger partial charge in [-0.15, -0.1) is 0 Å². The van der Waals surface area contributed by atoms with E-state index in [1.165, 1.54) is 0 Å². The minimum absolute atomic E-state index is 0.228. The van der Waals surface area contributed by atoms with Crippen molar-refractivity contribution >= 4 is 0 Å². The van der Waals surface area contributed by atoms with Crippen LogP contribution in [0.1, 0.15) is 30.9 Å². The highest BCUT2D eigenvalue weighted by Crippen LogP contribution is 2.20. The van der Waals surface area contributed by atoms with Gasteiger partial charge in [-0.3, -0.25) is 0 Å². The second kappa shape index (κ2) is 6.51. The molecule has 16 heavy (non-hydrogen) atoms. The van der Waals surface area contributed by atoms with Crippen LogP contribution in [0.5, 0.6) is 5.75 Å². The number of hydrogen-bond acceptors (Lipinski definition) is 3. The van der Waals surface area contributed by atoms with Gasteiger partial charge in [-0.25, -0.2) is 0 Å². The number of aliphatic hydroxyl groups is 1. The number of para-hydroxylation sites is 1. The Balaban J connectivity index is 2.29. The van der Waals surface area contributed by atoms with Gasteiger partial charge >= 0.3 is 0 Å². The molecule has 0 radical (unpaired) electrons. The molecule has 0 saturated carbocycles. The zero-order valence-electron chi connectivity index (χ0n) is 10.0. The summed E-state index contributed by atoms with van der Waals surface area (Å²) in [6.07, 6.45) is 1.53. The fourth-order valence-corrected chi connectivity index (χ4v) is 1.61. The third-order valence-corrected chi connectivity index (χ3v) is 2.61. The van der Waals surface area contributed by atoms with E-state index in [1.54, 1.807) is 6.92 Å². The molecular weight excluding hydrogens is 202 g/mol. The maximum Gasteiger partial charge on any atom is 0.122 e. The van der Waals surface area contributed by atoms with Crippen molar-refractivity contribution in [1.29, 1.82) is 0 Å². The van der Waals surface area contributed by atoms with Crippen LogP contribution in [0.2, 0.25) is 0 Å². The minimum Gasteiger partial charge on any atom is -0.507 e.